The molecule has 1 unspecified atom stereocenters. The number of hydrogen-bond acceptors (Lipinski definition) is 3. The number of rotatable bonds is 3. The Bertz CT molecular complexity index is 472. The van der Waals surface area contributed by atoms with Crippen LogP contribution in [0, 0.1) is 0 Å². The molecule has 1 aliphatic rings. The summed E-state index contributed by atoms with van der Waals surface area (Å²) in [5.41, 5.74) is 7.41. The Balaban J connectivity index is 2.16. The molecule has 4 nitrogen and oxygen atoms in total. The Morgan fingerprint density at radius 3 is 2.50 bits per heavy atom. The van der Waals surface area contributed by atoms with Gasteiger partial charge in [-0.25, -0.2) is 0 Å². The Labute approximate surface area is 112 Å². The quantitative estimate of drug-likeness (QED) is 0.826. The third-order valence-electron chi connectivity index (χ3n) is 3.43. The normalized spacial score (nSPS) is 19.1. The highest BCUT2D eigenvalue weighted by molar-refractivity contribution is 7.80. The van der Waals surface area contributed by atoms with E-state index in [-0.39, 0.29) is 11.9 Å². The number of likely N-dealkylation sites (tertiary alicyclic amines) is 1. The first-order chi connectivity index (χ1) is 8.50. The molecule has 0 aromatic heterocycles. The van der Waals surface area contributed by atoms with E-state index in [4.69, 9.17) is 18.0 Å². The number of likely N-dealkylation sites (N-methyl/N-ethyl adjacent to an activating group) is 2. The topological polar surface area (TPSA) is 49.6 Å². The first kappa shape index (κ1) is 12.8. The molecule has 5 heteroatoms. The van der Waals surface area contributed by atoms with Gasteiger partial charge in [0.1, 0.15) is 11.0 Å². The fourth-order valence-corrected chi connectivity index (χ4v) is 2.34. The Hall–Kier alpha value is -1.62. The van der Waals surface area contributed by atoms with Gasteiger partial charge in [0.2, 0.25) is 5.91 Å². The van der Waals surface area contributed by atoms with Gasteiger partial charge in [0.25, 0.3) is 0 Å². The molecule has 1 fully saturated rings. The predicted octanol–water partition coefficient (Wildman–Crippen LogP) is 0.988. The molecule has 0 aliphatic carbocycles. The maximum Gasteiger partial charge on any atom is 0.245 e. The van der Waals surface area contributed by atoms with Crippen LogP contribution in [0.4, 0.5) is 5.69 Å². The van der Waals surface area contributed by atoms with E-state index in [1.807, 2.05) is 43.3 Å². The first-order valence-electron chi connectivity index (χ1n) is 5.88. The van der Waals surface area contributed by atoms with Crippen LogP contribution in [0.15, 0.2) is 24.3 Å². The maximum absolute atomic E-state index is 11.9. The molecule has 0 saturated carbocycles. The molecule has 1 aliphatic heterocycles. The first-order valence-corrected chi connectivity index (χ1v) is 6.29. The molecule has 96 valence electrons. The summed E-state index contributed by atoms with van der Waals surface area (Å²) in [5, 5.41) is 0. The van der Waals surface area contributed by atoms with Crippen molar-refractivity contribution >= 4 is 28.8 Å². The van der Waals surface area contributed by atoms with Gasteiger partial charge >= 0.3 is 0 Å². The maximum atomic E-state index is 11.9. The van der Waals surface area contributed by atoms with Crippen molar-refractivity contribution in [3.63, 3.8) is 0 Å². The van der Waals surface area contributed by atoms with Crippen molar-refractivity contribution in [2.24, 2.45) is 5.73 Å². The molecule has 2 rings (SSSR count). The third kappa shape index (κ3) is 2.31. The highest BCUT2D eigenvalue weighted by atomic mass is 32.1. The van der Waals surface area contributed by atoms with E-state index in [1.54, 1.807) is 4.90 Å². The van der Waals surface area contributed by atoms with Crippen LogP contribution in [0.1, 0.15) is 12.0 Å². The van der Waals surface area contributed by atoms with Crippen molar-refractivity contribution in [1.82, 2.24) is 4.90 Å². The molecular formula is C13H17N3OS. The van der Waals surface area contributed by atoms with Gasteiger partial charge in [-0.05, 0) is 30.7 Å². The van der Waals surface area contributed by atoms with Crippen LogP contribution in [0.2, 0.25) is 0 Å². The molecule has 1 saturated heterocycles. The van der Waals surface area contributed by atoms with E-state index < -0.39 is 0 Å². The van der Waals surface area contributed by atoms with Crippen LogP contribution in [0.5, 0.6) is 0 Å². The molecule has 18 heavy (non-hydrogen) atoms. The molecule has 1 aromatic rings. The second kappa shape index (κ2) is 4.94. The lowest BCUT2D eigenvalue weighted by molar-refractivity contribution is -0.127. The van der Waals surface area contributed by atoms with Crippen LogP contribution >= 0.6 is 12.2 Å². The SMILES string of the molecule is CN1CCC(N(C)c2ccc(C(N)=S)cc2)C1=O. The lowest BCUT2D eigenvalue weighted by Gasteiger charge is -2.25. The lowest BCUT2D eigenvalue weighted by Crippen LogP contribution is -2.38. The van der Waals surface area contributed by atoms with E-state index in [2.05, 4.69) is 0 Å². The Kier molecular flexibility index (Phi) is 3.52. The van der Waals surface area contributed by atoms with Crippen LogP contribution in [0.3, 0.4) is 0 Å². The third-order valence-corrected chi connectivity index (χ3v) is 3.66. The largest absolute Gasteiger partial charge is 0.389 e. The highest BCUT2D eigenvalue weighted by Gasteiger charge is 2.32. The minimum Gasteiger partial charge on any atom is -0.389 e. The molecule has 0 spiro atoms. The number of anilines is 1. The smallest absolute Gasteiger partial charge is 0.245 e. The molecule has 1 aromatic carbocycles. The zero-order chi connectivity index (χ0) is 13.3. The van der Waals surface area contributed by atoms with Gasteiger partial charge in [-0.15, -0.1) is 0 Å². The van der Waals surface area contributed by atoms with Gasteiger partial charge in [0, 0.05) is 31.9 Å². The van der Waals surface area contributed by atoms with Crippen molar-refractivity contribution in [2.75, 3.05) is 25.5 Å². The average molecular weight is 263 g/mol. The molecule has 1 heterocycles. The molecule has 0 bridgehead atoms. The van der Waals surface area contributed by atoms with Gasteiger partial charge in [-0.3, -0.25) is 4.79 Å². The van der Waals surface area contributed by atoms with Crippen molar-refractivity contribution in [3.8, 4) is 0 Å². The summed E-state index contributed by atoms with van der Waals surface area (Å²) in [5.74, 6) is 0.177. The minimum absolute atomic E-state index is 0.0642. The number of nitrogens with two attached hydrogens (primary N) is 1. The van der Waals surface area contributed by atoms with E-state index in [0.29, 0.717) is 4.99 Å². The fraction of sp³-hybridized carbons (Fsp3) is 0.385. The predicted molar refractivity (Wildman–Crippen MR) is 76.8 cm³/mol. The van der Waals surface area contributed by atoms with Crippen LogP contribution in [0.25, 0.3) is 0 Å². The van der Waals surface area contributed by atoms with Crippen LogP contribution < -0.4 is 10.6 Å². The number of benzene rings is 1. The molecule has 1 amide bonds. The molecular weight excluding hydrogens is 246 g/mol. The van der Waals surface area contributed by atoms with Gasteiger partial charge in [0.05, 0.1) is 0 Å². The molecule has 1 atom stereocenters. The second-order valence-corrected chi connectivity index (χ2v) is 5.03. The number of hydrogen-bond donors (Lipinski definition) is 1. The number of thiocarbonyl (C=S) groups is 1. The van der Waals surface area contributed by atoms with E-state index in [9.17, 15) is 4.79 Å². The number of carbonyl (C=O) groups is 1. The van der Waals surface area contributed by atoms with E-state index in [0.717, 1.165) is 24.2 Å². The summed E-state index contributed by atoms with van der Waals surface area (Å²) in [7, 11) is 3.78. The van der Waals surface area contributed by atoms with E-state index >= 15 is 0 Å². The summed E-state index contributed by atoms with van der Waals surface area (Å²) in [6.45, 7) is 0.818. The van der Waals surface area contributed by atoms with Gasteiger partial charge in [-0.2, -0.15) is 0 Å². The van der Waals surface area contributed by atoms with Crippen molar-refractivity contribution < 1.29 is 4.79 Å². The Morgan fingerprint density at radius 1 is 1.44 bits per heavy atom. The molecule has 2 N–H and O–H groups in total. The average Bonchev–Trinajstić information content (AvgIpc) is 2.69. The van der Waals surface area contributed by atoms with E-state index in [1.165, 1.54) is 0 Å². The monoisotopic (exact) mass is 263 g/mol. The minimum atomic E-state index is -0.0642. The summed E-state index contributed by atoms with van der Waals surface area (Å²) in [4.78, 5) is 16.1. The van der Waals surface area contributed by atoms with Gasteiger partial charge < -0.3 is 15.5 Å². The summed E-state index contributed by atoms with van der Waals surface area (Å²) < 4.78 is 0. The number of nitrogens with zero attached hydrogens (tertiary/aromatic N) is 2. The lowest BCUT2D eigenvalue weighted by atomic mass is 10.1. The summed E-state index contributed by atoms with van der Waals surface area (Å²) >= 11 is 4.92. The van der Waals surface area contributed by atoms with Crippen LogP contribution in [-0.4, -0.2) is 42.5 Å². The highest BCUT2D eigenvalue weighted by Crippen LogP contribution is 2.22. The number of amides is 1. The van der Waals surface area contributed by atoms with Crippen LogP contribution in [-0.2, 0) is 4.79 Å². The fourth-order valence-electron chi connectivity index (χ4n) is 2.20. The van der Waals surface area contributed by atoms with Crippen molar-refractivity contribution in [3.05, 3.63) is 29.8 Å². The Morgan fingerprint density at radius 2 is 2.06 bits per heavy atom. The standard InChI is InChI=1S/C13H17N3OS/c1-15-8-7-11(13(15)17)16(2)10-5-3-9(4-6-10)12(14)18/h3-6,11H,7-8H2,1-2H3,(H2,14,18). The van der Waals surface area contributed by atoms with Gasteiger partial charge in [0.15, 0.2) is 0 Å². The second-order valence-electron chi connectivity index (χ2n) is 4.59. The summed E-state index contributed by atoms with van der Waals surface area (Å²) in [6, 6.07) is 7.60. The zero-order valence-corrected chi connectivity index (χ0v) is 11.4. The summed E-state index contributed by atoms with van der Waals surface area (Å²) in [6.07, 6.45) is 0.864. The van der Waals surface area contributed by atoms with Crippen molar-refractivity contribution in [2.45, 2.75) is 12.5 Å². The van der Waals surface area contributed by atoms with Gasteiger partial charge in [-0.1, -0.05) is 12.2 Å². The number of carbonyl (C=O) groups excluding carboxylic acids is 1. The molecule has 0 radical (unpaired) electrons. The zero-order valence-electron chi connectivity index (χ0n) is 10.6. The van der Waals surface area contributed by atoms with Crippen molar-refractivity contribution in [1.29, 1.82) is 0 Å².